The molecule has 0 unspecified atom stereocenters. The van der Waals surface area contributed by atoms with Crippen molar-refractivity contribution in [2.24, 2.45) is 0 Å². The quantitative estimate of drug-likeness (QED) is 0.215. The number of urea groups is 1. The minimum Gasteiger partial charge on any atom is -0.492 e. The van der Waals surface area contributed by atoms with Gasteiger partial charge in [-0.3, -0.25) is 10.2 Å². The summed E-state index contributed by atoms with van der Waals surface area (Å²) in [5.74, 6) is 0.790. The van der Waals surface area contributed by atoms with Crippen LogP contribution in [0.25, 0.3) is 22.5 Å². The molecule has 0 aliphatic carbocycles. The number of hydrogen-bond donors (Lipinski definition) is 2. The molecule has 5 rings (SSSR count). The Kier molecular flexibility index (Phi) is 10.0. The van der Waals surface area contributed by atoms with Crippen LogP contribution in [0, 0.1) is 5.82 Å². The lowest BCUT2D eigenvalue weighted by atomic mass is 9.93. The van der Waals surface area contributed by atoms with E-state index in [-0.39, 0.29) is 16.9 Å². The molecule has 2 N–H and O–H groups in total. The zero-order chi connectivity index (χ0) is 32.8. The molecule has 244 valence electrons. The second-order valence-electron chi connectivity index (χ2n) is 12.2. The van der Waals surface area contributed by atoms with Gasteiger partial charge in [0.25, 0.3) is 0 Å². The number of aromatic nitrogens is 3. The summed E-state index contributed by atoms with van der Waals surface area (Å²) >= 11 is 0. The van der Waals surface area contributed by atoms with Crippen LogP contribution in [0.4, 0.5) is 25.5 Å². The number of amides is 2. The van der Waals surface area contributed by atoms with Crippen LogP contribution < -0.4 is 15.4 Å². The summed E-state index contributed by atoms with van der Waals surface area (Å²) < 4.78 is 38.4. The predicted molar refractivity (Wildman–Crippen MR) is 171 cm³/mol. The number of carbonyl (C=O) groups is 2. The summed E-state index contributed by atoms with van der Waals surface area (Å²) in [6.45, 7) is 13.9. The average Bonchev–Trinajstić information content (AvgIpc) is 3.67. The van der Waals surface area contributed by atoms with E-state index < -0.39 is 24.0 Å². The molecule has 0 spiro atoms. The number of morpholine rings is 1. The maximum absolute atomic E-state index is 15.3. The van der Waals surface area contributed by atoms with E-state index in [2.05, 4.69) is 25.8 Å². The maximum atomic E-state index is 15.3. The molecule has 4 aromatic rings. The van der Waals surface area contributed by atoms with Gasteiger partial charge in [0.2, 0.25) is 0 Å². The molecule has 0 saturated carbocycles. The number of halogens is 1. The Hall–Kier alpha value is -4.75. The van der Waals surface area contributed by atoms with Crippen LogP contribution in [-0.2, 0) is 14.9 Å². The molecule has 0 bridgehead atoms. The lowest BCUT2D eigenvalue weighted by Crippen LogP contribution is -2.38. The van der Waals surface area contributed by atoms with E-state index in [9.17, 15) is 9.59 Å². The van der Waals surface area contributed by atoms with Crippen molar-refractivity contribution in [1.29, 1.82) is 0 Å². The first-order valence-electron chi connectivity index (χ1n) is 15.2. The van der Waals surface area contributed by atoms with Gasteiger partial charge in [-0.25, -0.2) is 14.0 Å². The molecule has 1 aliphatic heterocycles. The number of nitrogens with zero attached hydrogens (tertiary/aromatic N) is 4. The number of anilines is 2. The van der Waals surface area contributed by atoms with Gasteiger partial charge in [0, 0.05) is 42.2 Å². The van der Waals surface area contributed by atoms with E-state index in [1.807, 2.05) is 45.0 Å². The highest BCUT2D eigenvalue weighted by Crippen LogP contribution is 2.30. The lowest BCUT2D eigenvalue weighted by Gasteiger charge is -2.26. The zero-order valence-corrected chi connectivity index (χ0v) is 26.6. The van der Waals surface area contributed by atoms with E-state index in [0.29, 0.717) is 35.1 Å². The fourth-order valence-electron chi connectivity index (χ4n) is 4.69. The summed E-state index contributed by atoms with van der Waals surface area (Å²) in [4.78, 5) is 27.8. The maximum Gasteiger partial charge on any atom is 0.435 e. The molecule has 0 radical (unpaired) electrons. The smallest absolute Gasteiger partial charge is 0.435 e. The standard InChI is InChI=1S/C33H39FN6O6/c1-21(2)45-32(42)40-28(19-27(37-40)22-6-9-24(10-7-22)44-17-14-39-12-15-43-16-13-39)23-8-11-26(25(34)18-23)35-31(41)36-30-20-29(46-38-30)33(3,4)5/h6-11,18-21H,12-17H2,1-5H3,(H2,35,36,38,41). The van der Waals surface area contributed by atoms with Gasteiger partial charge in [-0.05, 0) is 56.3 Å². The second kappa shape index (κ2) is 14.1. The number of rotatable bonds is 9. The van der Waals surface area contributed by atoms with E-state index in [1.54, 1.807) is 32.0 Å². The summed E-state index contributed by atoms with van der Waals surface area (Å²) in [7, 11) is 0. The molecule has 13 heteroatoms. The highest BCUT2D eigenvalue weighted by Gasteiger charge is 2.22. The Balaban J connectivity index is 1.30. The first-order chi connectivity index (χ1) is 22.0. The number of carbonyl (C=O) groups excluding carboxylic acids is 2. The van der Waals surface area contributed by atoms with Gasteiger partial charge in [-0.1, -0.05) is 32.0 Å². The number of nitrogens with one attached hydrogen (secondary N) is 2. The van der Waals surface area contributed by atoms with Gasteiger partial charge in [0.1, 0.15) is 23.9 Å². The molecule has 2 aromatic heterocycles. The summed E-state index contributed by atoms with van der Waals surface area (Å²) in [5.41, 5.74) is 1.54. The Morgan fingerprint density at radius 2 is 1.72 bits per heavy atom. The van der Waals surface area contributed by atoms with Gasteiger partial charge in [0.05, 0.1) is 36.4 Å². The van der Waals surface area contributed by atoms with Crippen LogP contribution in [0.3, 0.4) is 0 Å². The first kappa shape index (κ1) is 32.6. The third kappa shape index (κ3) is 8.29. The van der Waals surface area contributed by atoms with Crippen LogP contribution in [0.5, 0.6) is 5.75 Å². The summed E-state index contributed by atoms with van der Waals surface area (Å²) in [6, 6.07) is 14.2. The molecular weight excluding hydrogens is 595 g/mol. The summed E-state index contributed by atoms with van der Waals surface area (Å²) in [6.07, 6.45) is -1.10. The Labute approximate surface area is 266 Å². The third-order valence-electron chi connectivity index (χ3n) is 7.15. The molecule has 3 heterocycles. The van der Waals surface area contributed by atoms with Crippen LogP contribution in [0.15, 0.2) is 59.1 Å². The Bertz CT molecular complexity index is 1650. The number of hydrogen-bond acceptors (Lipinski definition) is 9. The van der Waals surface area contributed by atoms with Crippen molar-refractivity contribution in [1.82, 2.24) is 19.8 Å². The van der Waals surface area contributed by atoms with Crippen molar-refractivity contribution in [2.45, 2.75) is 46.1 Å². The number of ether oxygens (including phenoxy) is 3. The Morgan fingerprint density at radius 3 is 2.37 bits per heavy atom. The normalized spacial score (nSPS) is 13.9. The van der Waals surface area contributed by atoms with Crippen molar-refractivity contribution in [2.75, 3.05) is 50.1 Å². The Morgan fingerprint density at radius 1 is 1.00 bits per heavy atom. The number of benzene rings is 2. The minimum atomic E-state index is -0.715. The molecular formula is C33H39FN6O6. The van der Waals surface area contributed by atoms with Gasteiger partial charge < -0.3 is 24.1 Å². The SMILES string of the molecule is CC(C)OC(=O)n1nc(-c2ccc(OCCN3CCOCC3)cc2)cc1-c1ccc(NC(=O)Nc2cc(C(C)(C)C)on2)c(F)c1. The zero-order valence-electron chi connectivity index (χ0n) is 26.6. The highest BCUT2D eigenvalue weighted by molar-refractivity contribution is 5.99. The van der Waals surface area contributed by atoms with E-state index in [0.717, 1.165) is 43.1 Å². The van der Waals surface area contributed by atoms with Crippen LogP contribution in [-0.4, -0.2) is 77.5 Å². The van der Waals surface area contributed by atoms with E-state index in [4.69, 9.17) is 18.7 Å². The predicted octanol–water partition coefficient (Wildman–Crippen LogP) is 6.39. The molecule has 2 amide bonds. The van der Waals surface area contributed by atoms with Crippen molar-refractivity contribution >= 4 is 23.6 Å². The molecule has 1 fully saturated rings. The van der Waals surface area contributed by atoms with Crippen molar-refractivity contribution in [3.8, 4) is 28.3 Å². The minimum absolute atomic E-state index is 0.0685. The monoisotopic (exact) mass is 634 g/mol. The van der Waals surface area contributed by atoms with Crippen LogP contribution in [0.1, 0.15) is 40.4 Å². The fourth-order valence-corrected chi connectivity index (χ4v) is 4.69. The van der Waals surface area contributed by atoms with Crippen molar-refractivity contribution < 1.29 is 32.7 Å². The van der Waals surface area contributed by atoms with Gasteiger partial charge in [0.15, 0.2) is 5.82 Å². The summed E-state index contributed by atoms with van der Waals surface area (Å²) in [5, 5.41) is 13.4. The van der Waals surface area contributed by atoms with Crippen LogP contribution in [0.2, 0.25) is 0 Å². The van der Waals surface area contributed by atoms with E-state index in [1.165, 1.54) is 12.1 Å². The third-order valence-corrected chi connectivity index (χ3v) is 7.15. The van der Waals surface area contributed by atoms with Crippen molar-refractivity contribution in [3.05, 3.63) is 66.2 Å². The second-order valence-corrected chi connectivity index (χ2v) is 12.2. The highest BCUT2D eigenvalue weighted by atomic mass is 19.1. The largest absolute Gasteiger partial charge is 0.492 e. The lowest BCUT2D eigenvalue weighted by molar-refractivity contribution is 0.0322. The van der Waals surface area contributed by atoms with Gasteiger partial charge in [-0.2, -0.15) is 9.78 Å². The fraction of sp³-hybridized carbons (Fsp3) is 0.394. The van der Waals surface area contributed by atoms with Crippen molar-refractivity contribution in [3.63, 3.8) is 0 Å². The van der Waals surface area contributed by atoms with Gasteiger partial charge in [-0.15, -0.1) is 0 Å². The average molecular weight is 635 g/mol. The molecule has 1 saturated heterocycles. The molecule has 12 nitrogen and oxygen atoms in total. The molecule has 46 heavy (non-hydrogen) atoms. The molecule has 0 atom stereocenters. The topological polar surface area (TPSA) is 133 Å². The van der Waals surface area contributed by atoms with Crippen LogP contribution >= 0.6 is 0 Å². The molecule has 1 aliphatic rings. The van der Waals surface area contributed by atoms with Gasteiger partial charge >= 0.3 is 12.1 Å². The molecule has 2 aromatic carbocycles. The first-order valence-corrected chi connectivity index (χ1v) is 15.2. The van der Waals surface area contributed by atoms with E-state index >= 15 is 4.39 Å².